The highest BCUT2D eigenvalue weighted by molar-refractivity contribution is 5.93. The van der Waals surface area contributed by atoms with E-state index < -0.39 is 0 Å². The maximum absolute atomic E-state index is 12.6. The second-order valence-electron chi connectivity index (χ2n) is 6.27. The summed E-state index contributed by atoms with van der Waals surface area (Å²) in [6.45, 7) is 5.60. The van der Waals surface area contributed by atoms with Crippen molar-refractivity contribution >= 4 is 17.4 Å². The number of rotatable bonds is 5. The number of fused-ring (bicyclic) bond motifs is 1. The summed E-state index contributed by atoms with van der Waals surface area (Å²) in [7, 11) is 1.83. The van der Waals surface area contributed by atoms with Crippen molar-refractivity contribution in [2.75, 3.05) is 25.0 Å². The monoisotopic (exact) mass is 324 g/mol. The number of hydrogen-bond acceptors (Lipinski definition) is 4. The topological polar surface area (TPSA) is 49.3 Å². The molecular weight excluding hydrogens is 300 g/mol. The Labute approximate surface area is 143 Å². The fourth-order valence-electron chi connectivity index (χ4n) is 3.07. The van der Waals surface area contributed by atoms with Gasteiger partial charge in [0, 0.05) is 31.9 Å². The lowest BCUT2D eigenvalue weighted by Gasteiger charge is -2.21. The number of carbonyl (C=O) groups excluding carboxylic acids is 1. The molecule has 0 aliphatic carbocycles. The molecule has 2 heterocycles. The quantitative estimate of drug-likeness (QED) is 0.846. The normalized spacial score (nSPS) is 13.0. The third kappa shape index (κ3) is 3.25. The van der Waals surface area contributed by atoms with Gasteiger partial charge in [-0.05, 0) is 31.4 Å². The summed E-state index contributed by atoms with van der Waals surface area (Å²) in [4.78, 5) is 25.5. The zero-order valence-electron chi connectivity index (χ0n) is 14.6. The Morgan fingerprint density at radius 1 is 1.29 bits per heavy atom. The van der Waals surface area contributed by atoms with Crippen LogP contribution in [0.1, 0.15) is 41.6 Å². The van der Waals surface area contributed by atoms with Crippen LogP contribution >= 0.6 is 0 Å². The minimum Gasteiger partial charge on any atom is -0.340 e. The molecule has 0 radical (unpaired) electrons. The molecule has 24 heavy (non-hydrogen) atoms. The van der Waals surface area contributed by atoms with Crippen molar-refractivity contribution in [3.8, 4) is 0 Å². The number of benzene rings is 1. The van der Waals surface area contributed by atoms with Gasteiger partial charge < -0.3 is 9.80 Å². The molecule has 1 aromatic carbocycles. The fraction of sp³-hybridized carbons (Fsp3) is 0.421. The summed E-state index contributed by atoms with van der Waals surface area (Å²) < 4.78 is 0. The molecule has 126 valence electrons. The minimum absolute atomic E-state index is 0.0392. The molecule has 3 rings (SSSR count). The van der Waals surface area contributed by atoms with Crippen LogP contribution in [0.15, 0.2) is 30.3 Å². The molecule has 0 spiro atoms. The first kappa shape index (κ1) is 16.4. The maximum Gasteiger partial charge on any atom is 0.272 e. The van der Waals surface area contributed by atoms with E-state index in [4.69, 9.17) is 0 Å². The Balaban J connectivity index is 1.89. The van der Waals surface area contributed by atoms with Crippen LogP contribution in [0.2, 0.25) is 0 Å². The Morgan fingerprint density at radius 2 is 2.08 bits per heavy atom. The zero-order chi connectivity index (χ0) is 17.1. The molecule has 0 atom stereocenters. The number of aryl methyl sites for hydroxylation is 1. The van der Waals surface area contributed by atoms with E-state index in [-0.39, 0.29) is 5.91 Å². The summed E-state index contributed by atoms with van der Waals surface area (Å²) in [5.41, 5.74) is 2.97. The number of carbonyl (C=O) groups is 1. The minimum atomic E-state index is -0.0392. The van der Waals surface area contributed by atoms with E-state index in [0.717, 1.165) is 38.2 Å². The molecule has 1 aliphatic heterocycles. The highest BCUT2D eigenvalue weighted by Crippen LogP contribution is 2.33. The Bertz CT molecular complexity index is 744. The van der Waals surface area contributed by atoms with Crippen LogP contribution in [0.3, 0.4) is 0 Å². The lowest BCUT2D eigenvalue weighted by atomic mass is 10.2. The molecular formula is C19H24N4O. The van der Waals surface area contributed by atoms with Crippen molar-refractivity contribution in [1.82, 2.24) is 14.9 Å². The lowest BCUT2D eigenvalue weighted by Crippen LogP contribution is -2.29. The van der Waals surface area contributed by atoms with Gasteiger partial charge in [0.05, 0.1) is 0 Å². The van der Waals surface area contributed by atoms with Crippen molar-refractivity contribution in [2.24, 2.45) is 0 Å². The van der Waals surface area contributed by atoms with Crippen LogP contribution in [0.25, 0.3) is 0 Å². The van der Waals surface area contributed by atoms with E-state index in [1.54, 1.807) is 4.90 Å². The molecule has 1 aromatic heterocycles. The summed E-state index contributed by atoms with van der Waals surface area (Å²) >= 11 is 0. The molecule has 5 nitrogen and oxygen atoms in total. The number of anilines is 2. The number of unbranched alkanes of at least 4 members (excludes halogenated alkanes) is 1. The molecule has 0 saturated heterocycles. The number of aromatic nitrogens is 2. The van der Waals surface area contributed by atoms with Crippen molar-refractivity contribution in [3.05, 3.63) is 47.4 Å². The SMILES string of the molecule is CCCCN(C)C(=O)c1cc(N2CCc3ccccc32)nc(C)n1. The number of hydrogen-bond donors (Lipinski definition) is 0. The molecule has 1 aliphatic rings. The molecule has 0 unspecified atom stereocenters. The first-order valence-electron chi connectivity index (χ1n) is 8.56. The Hall–Kier alpha value is -2.43. The predicted octanol–water partition coefficient (Wildman–Crippen LogP) is 3.35. The van der Waals surface area contributed by atoms with Gasteiger partial charge in [-0.1, -0.05) is 31.5 Å². The van der Waals surface area contributed by atoms with E-state index in [1.165, 1.54) is 11.3 Å². The largest absolute Gasteiger partial charge is 0.340 e. The fourth-order valence-corrected chi connectivity index (χ4v) is 3.07. The average Bonchev–Trinajstić information content (AvgIpc) is 3.02. The molecule has 1 amide bonds. The van der Waals surface area contributed by atoms with Crippen LogP contribution in [0, 0.1) is 6.92 Å². The first-order chi connectivity index (χ1) is 11.6. The van der Waals surface area contributed by atoms with E-state index in [0.29, 0.717) is 11.5 Å². The zero-order valence-corrected chi connectivity index (χ0v) is 14.6. The second kappa shape index (κ2) is 6.99. The summed E-state index contributed by atoms with van der Waals surface area (Å²) in [5.74, 6) is 1.39. The average molecular weight is 324 g/mol. The smallest absolute Gasteiger partial charge is 0.272 e. The van der Waals surface area contributed by atoms with Gasteiger partial charge in [0.2, 0.25) is 0 Å². The van der Waals surface area contributed by atoms with E-state index >= 15 is 0 Å². The maximum atomic E-state index is 12.6. The molecule has 0 saturated carbocycles. The summed E-state index contributed by atoms with van der Waals surface area (Å²) in [6, 6.07) is 10.2. The van der Waals surface area contributed by atoms with Crippen LogP contribution in [0.4, 0.5) is 11.5 Å². The van der Waals surface area contributed by atoms with Crippen molar-refractivity contribution < 1.29 is 4.79 Å². The molecule has 0 bridgehead atoms. The number of amides is 1. The summed E-state index contributed by atoms with van der Waals surface area (Å²) in [6.07, 6.45) is 3.06. The summed E-state index contributed by atoms with van der Waals surface area (Å²) in [5, 5.41) is 0. The van der Waals surface area contributed by atoms with E-state index in [1.807, 2.05) is 26.1 Å². The lowest BCUT2D eigenvalue weighted by molar-refractivity contribution is 0.0787. The van der Waals surface area contributed by atoms with Crippen LogP contribution in [-0.4, -0.2) is 40.9 Å². The van der Waals surface area contributed by atoms with Gasteiger partial charge in [0.25, 0.3) is 5.91 Å². The van der Waals surface area contributed by atoms with Gasteiger partial charge in [-0.3, -0.25) is 4.79 Å². The van der Waals surface area contributed by atoms with Crippen molar-refractivity contribution in [3.63, 3.8) is 0 Å². The molecule has 0 fully saturated rings. The van der Waals surface area contributed by atoms with Crippen molar-refractivity contribution in [2.45, 2.75) is 33.1 Å². The molecule has 0 N–H and O–H groups in total. The Kier molecular flexibility index (Phi) is 4.79. The van der Waals surface area contributed by atoms with Crippen LogP contribution < -0.4 is 4.90 Å². The van der Waals surface area contributed by atoms with E-state index in [2.05, 4.69) is 40.0 Å². The number of nitrogens with zero attached hydrogens (tertiary/aromatic N) is 4. The van der Waals surface area contributed by atoms with Gasteiger partial charge in [0.1, 0.15) is 17.3 Å². The second-order valence-corrected chi connectivity index (χ2v) is 6.27. The standard InChI is InChI=1S/C19H24N4O/c1-4-5-11-22(3)19(24)16-13-18(21-14(2)20-16)23-12-10-15-8-6-7-9-17(15)23/h6-9,13H,4-5,10-12H2,1-3H3. The molecule has 5 heteroatoms. The van der Waals surface area contributed by atoms with Crippen LogP contribution in [0.5, 0.6) is 0 Å². The van der Waals surface area contributed by atoms with Gasteiger partial charge in [0.15, 0.2) is 0 Å². The van der Waals surface area contributed by atoms with Crippen molar-refractivity contribution in [1.29, 1.82) is 0 Å². The number of para-hydroxylation sites is 1. The third-order valence-electron chi connectivity index (χ3n) is 4.40. The Morgan fingerprint density at radius 3 is 2.88 bits per heavy atom. The van der Waals surface area contributed by atoms with Gasteiger partial charge in [-0.2, -0.15) is 0 Å². The first-order valence-corrected chi connectivity index (χ1v) is 8.56. The highest BCUT2D eigenvalue weighted by atomic mass is 16.2. The third-order valence-corrected chi connectivity index (χ3v) is 4.40. The predicted molar refractivity (Wildman–Crippen MR) is 95.8 cm³/mol. The highest BCUT2D eigenvalue weighted by Gasteiger charge is 2.23. The van der Waals surface area contributed by atoms with Gasteiger partial charge in [-0.15, -0.1) is 0 Å². The van der Waals surface area contributed by atoms with Gasteiger partial charge >= 0.3 is 0 Å². The van der Waals surface area contributed by atoms with Gasteiger partial charge in [-0.25, -0.2) is 9.97 Å². The molecule has 2 aromatic rings. The van der Waals surface area contributed by atoms with Crippen LogP contribution in [-0.2, 0) is 6.42 Å². The van der Waals surface area contributed by atoms with E-state index in [9.17, 15) is 4.79 Å².